The van der Waals surface area contributed by atoms with E-state index in [9.17, 15) is 9.00 Å². The first kappa shape index (κ1) is 22.6. The van der Waals surface area contributed by atoms with Crippen molar-refractivity contribution in [2.45, 2.75) is 45.1 Å². The van der Waals surface area contributed by atoms with Gasteiger partial charge in [-0.25, -0.2) is 18.9 Å². The Morgan fingerprint density at radius 1 is 1.17 bits per heavy atom. The topological polar surface area (TPSA) is 78.4 Å². The number of nitrogens with one attached hydrogen (secondary N) is 1. The lowest BCUT2D eigenvalue weighted by atomic mass is 10.0. The molecule has 2 aliphatic heterocycles. The molecule has 1 N–H and O–H groups in total. The zero-order valence-electron chi connectivity index (χ0n) is 17.6. The molecule has 0 aromatic carbocycles. The fourth-order valence-corrected chi connectivity index (χ4v) is 4.93. The Bertz CT molecular complexity index is 730. The van der Waals surface area contributed by atoms with Gasteiger partial charge in [-0.05, 0) is 51.5 Å². The van der Waals surface area contributed by atoms with E-state index >= 15 is 0 Å². The fourth-order valence-electron chi connectivity index (χ4n) is 4.80. The van der Waals surface area contributed by atoms with E-state index in [2.05, 4.69) is 19.6 Å². The van der Waals surface area contributed by atoms with Crippen LogP contribution in [0.15, 0.2) is 6.33 Å². The van der Waals surface area contributed by atoms with Crippen molar-refractivity contribution in [3.05, 3.63) is 22.7 Å². The standard InChI is InChI=1S/C18H25ClN4O.C2H7NOS/c1-12-16(20-11-21-17(12)19)18(24)22-7-5-15(6-8-22)23-9-13-3-2-4-14(13)10-23;1-3-5(2)4/h11,13-15H,2-10H2,1H3;3H,1-2H3. The van der Waals surface area contributed by atoms with Gasteiger partial charge in [-0.3, -0.25) is 9.69 Å². The number of likely N-dealkylation sites (tertiary alicyclic amines) is 2. The Balaban J connectivity index is 0.000000431. The van der Waals surface area contributed by atoms with E-state index in [4.69, 9.17) is 11.6 Å². The second-order valence-electron chi connectivity index (χ2n) is 8.22. The Kier molecular flexibility index (Phi) is 8.01. The minimum Gasteiger partial charge on any atom is -0.337 e. The molecule has 0 radical (unpaired) electrons. The molecule has 1 aliphatic carbocycles. The summed E-state index contributed by atoms with van der Waals surface area (Å²) in [6.45, 7) is 6.01. The number of carbonyl (C=O) groups is 1. The van der Waals surface area contributed by atoms with Crippen LogP contribution in [0.3, 0.4) is 0 Å². The Hall–Kier alpha value is -1.09. The molecule has 0 spiro atoms. The first-order valence-corrected chi connectivity index (χ1v) is 12.4. The van der Waals surface area contributed by atoms with Crippen LogP contribution in [0.5, 0.6) is 0 Å². The highest BCUT2D eigenvalue weighted by Crippen LogP contribution is 2.39. The lowest BCUT2D eigenvalue weighted by Gasteiger charge is -2.37. The molecule has 2 saturated heterocycles. The quantitative estimate of drug-likeness (QED) is 0.728. The monoisotopic (exact) mass is 441 g/mol. The van der Waals surface area contributed by atoms with E-state index in [1.54, 1.807) is 13.3 Å². The van der Waals surface area contributed by atoms with Crippen LogP contribution in [-0.2, 0) is 11.0 Å². The van der Waals surface area contributed by atoms with Crippen LogP contribution in [-0.4, -0.2) is 75.4 Å². The smallest absolute Gasteiger partial charge is 0.272 e. The summed E-state index contributed by atoms with van der Waals surface area (Å²) in [5, 5.41) is 0.367. The molecule has 162 valence electrons. The number of halogens is 1. The summed E-state index contributed by atoms with van der Waals surface area (Å²) in [6, 6.07) is 0.648. The number of fused-ring (bicyclic) bond motifs is 1. The van der Waals surface area contributed by atoms with Gasteiger partial charge < -0.3 is 4.90 Å². The number of hydrogen-bond donors (Lipinski definition) is 1. The van der Waals surface area contributed by atoms with Gasteiger partial charge in [-0.15, -0.1) is 0 Å². The summed E-state index contributed by atoms with van der Waals surface area (Å²) in [6.07, 6.45) is 9.37. The lowest BCUT2D eigenvalue weighted by Crippen LogP contribution is -2.46. The summed E-state index contributed by atoms with van der Waals surface area (Å²) >= 11 is 6.02. The van der Waals surface area contributed by atoms with Crippen molar-refractivity contribution in [2.24, 2.45) is 11.8 Å². The molecule has 1 aromatic heterocycles. The van der Waals surface area contributed by atoms with Gasteiger partial charge in [0, 0.05) is 44.0 Å². The maximum atomic E-state index is 12.7. The summed E-state index contributed by atoms with van der Waals surface area (Å²) in [5.41, 5.74) is 1.13. The highest BCUT2D eigenvalue weighted by atomic mass is 35.5. The van der Waals surface area contributed by atoms with E-state index in [1.807, 2.05) is 11.8 Å². The highest BCUT2D eigenvalue weighted by Gasteiger charge is 2.39. The average molecular weight is 442 g/mol. The number of amides is 1. The van der Waals surface area contributed by atoms with Gasteiger partial charge >= 0.3 is 0 Å². The zero-order valence-corrected chi connectivity index (χ0v) is 19.1. The van der Waals surface area contributed by atoms with Gasteiger partial charge in [0.25, 0.3) is 5.91 Å². The molecule has 4 rings (SSSR count). The number of carbonyl (C=O) groups excluding carboxylic acids is 1. The first-order valence-electron chi connectivity index (χ1n) is 10.4. The Morgan fingerprint density at radius 2 is 1.76 bits per heavy atom. The van der Waals surface area contributed by atoms with Crippen molar-refractivity contribution in [1.29, 1.82) is 0 Å². The van der Waals surface area contributed by atoms with Crippen LogP contribution >= 0.6 is 11.6 Å². The van der Waals surface area contributed by atoms with E-state index in [0.717, 1.165) is 37.8 Å². The summed E-state index contributed by atoms with van der Waals surface area (Å²) in [4.78, 5) is 25.4. The normalized spacial score (nSPS) is 26.0. The summed E-state index contributed by atoms with van der Waals surface area (Å²) in [7, 11) is 0.826. The first-order chi connectivity index (χ1) is 13.9. The molecule has 3 heterocycles. The van der Waals surface area contributed by atoms with Gasteiger partial charge in [0.05, 0.1) is 11.0 Å². The minimum absolute atomic E-state index is 0.00598. The van der Waals surface area contributed by atoms with Crippen molar-refractivity contribution in [3.63, 3.8) is 0 Å². The molecule has 3 unspecified atom stereocenters. The van der Waals surface area contributed by atoms with Crippen molar-refractivity contribution >= 4 is 28.5 Å². The maximum Gasteiger partial charge on any atom is 0.272 e. The number of hydrogen-bond acceptors (Lipinski definition) is 5. The molecule has 7 nitrogen and oxygen atoms in total. The third-order valence-corrected chi connectivity index (χ3v) is 7.49. The van der Waals surface area contributed by atoms with Gasteiger partial charge in [-0.2, -0.15) is 0 Å². The van der Waals surface area contributed by atoms with Crippen LogP contribution in [0.4, 0.5) is 0 Å². The van der Waals surface area contributed by atoms with Gasteiger partial charge in [0.15, 0.2) is 0 Å². The number of rotatable bonds is 3. The van der Waals surface area contributed by atoms with E-state index in [0.29, 0.717) is 22.5 Å². The van der Waals surface area contributed by atoms with Crippen LogP contribution in [0, 0.1) is 18.8 Å². The van der Waals surface area contributed by atoms with Gasteiger partial charge in [-0.1, -0.05) is 18.0 Å². The summed E-state index contributed by atoms with van der Waals surface area (Å²) < 4.78 is 12.3. The molecule has 3 fully saturated rings. The molecule has 1 aromatic rings. The van der Waals surface area contributed by atoms with Crippen LogP contribution < -0.4 is 4.72 Å². The molecule has 29 heavy (non-hydrogen) atoms. The molecule has 1 amide bonds. The van der Waals surface area contributed by atoms with Crippen LogP contribution in [0.1, 0.15) is 48.2 Å². The third kappa shape index (κ3) is 5.54. The van der Waals surface area contributed by atoms with Crippen molar-refractivity contribution in [1.82, 2.24) is 24.5 Å². The molecule has 0 bridgehead atoms. The van der Waals surface area contributed by atoms with Crippen molar-refractivity contribution in [3.8, 4) is 0 Å². The van der Waals surface area contributed by atoms with E-state index in [1.165, 1.54) is 38.7 Å². The van der Waals surface area contributed by atoms with E-state index in [-0.39, 0.29) is 5.91 Å². The van der Waals surface area contributed by atoms with Gasteiger partial charge in [0.1, 0.15) is 17.2 Å². The van der Waals surface area contributed by atoms with Crippen molar-refractivity contribution in [2.75, 3.05) is 39.5 Å². The van der Waals surface area contributed by atoms with Crippen LogP contribution in [0.25, 0.3) is 0 Å². The predicted molar refractivity (Wildman–Crippen MR) is 116 cm³/mol. The van der Waals surface area contributed by atoms with Crippen LogP contribution in [0.2, 0.25) is 5.15 Å². The maximum absolute atomic E-state index is 12.7. The van der Waals surface area contributed by atoms with Gasteiger partial charge in [0.2, 0.25) is 0 Å². The summed E-state index contributed by atoms with van der Waals surface area (Å²) in [5.74, 6) is 1.87. The second kappa shape index (κ2) is 10.3. The number of nitrogens with zero attached hydrogens (tertiary/aromatic N) is 4. The molecule has 9 heteroatoms. The minimum atomic E-state index is -0.823. The molecule has 3 aliphatic rings. The second-order valence-corrected chi connectivity index (χ2v) is 9.90. The largest absolute Gasteiger partial charge is 0.337 e. The molecular weight excluding hydrogens is 410 g/mol. The molecule has 3 atom stereocenters. The SMILES string of the molecule is CNS(C)=O.Cc1c(Cl)ncnc1C(=O)N1CCC(N2CC3CCCC3C2)CC1. The third-order valence-electron chi connectivity index (χ3n) is 6.54. The zero-order chi connectivity index (χ0) is 21.0. The molecule has 1 saturated carbocycles. The lowest BCUT2D eigenvalue weighted by molar-refractivity contribution is 0.0630. The highest BCUT2D eigenvalue weighted by molar-refractivity contribution is 7.82. The average Bonchev–Trinajstić information content (AvgIpc) is 3.32. The number of piperidine rings is 1. The number of aromatic nitrogens is 2. The van der Waals surface area contributed by atoms with E-state index < -0.39 is 11.0 Å². The predicted octanol–water partition coefficient (Wildman–Crippen LogP) is 2.27. The fraction of sp³-hybridized carbons (Fsp3) is 0.750. The Labute approximate surface area is 181 Å². The van der Waals surface area contributed by atoms with Crippen molar-refractivity contribution < 1.29 is 9.00 Å². The Morgan fingerprint density at radius 3 is 2.31 bits per heavy atom. The molecular formula is C20H32ClN5O2S.